The average molecular weight is 375 g/mol. The SMILES string of the molecule is CN1CCN(C2C(F)CC3C(=O)C(C(=O)O)=CN(CCF)C3C2F)CC1. The summed E-state index contributed by atoms with van der Waals surface area (Å²) in [5.74, 6) is -3.32. The standard InChI is InChI=1S/C17H24F3N3O3/c1-21-4-6-22(7-5-21)15-12(19)8-10-14(13(15)20)23(3-2-18)9-11(16(10)24)17(25)26/h9-10,12-15H,2-8H2,1H3,(H,25,26). The molecule has 0 bridgehead atoms. The average Bonchev–Trinajstić information content (AvgIpc) is 2.58. The zero-order valence-corrected chi connectivity index (χ0v) is 14.7. The monoisotopic (exact) mass is 375 g/mol. The van der Waals surface area contributed by atoms with Crippen LogP contribution in [-0.4, -0.2) is 102 Å². The number of Topliss-reactive ketones (excluding diaryl/α,β-unsaturated/α-hetero) is 1. The lowest BCUT2D eigenvalue weighted by molar-refractivity contribution is -0.140. The van der Waals surface area contributed by atoms with E-state index < -0.39 is 54.3 Å². The van der Waals surface area contributed by atoms with Crippen molar-refractivity contribution in [1.82, 2.24) is 14.7 Å². The molecule has 0 aromatic rings. The summed E-state index contributed by atoms with van der Waals surface area (Å²) in [6, 6.07) is -2.03. The van der Waals surface area contributed by atoms with E-state index in [0.717, 1.165) is 6.20 Å². The number of carboxylic acid groups (broad SMARTS) is 1. The predicted octanol–water partition coefficient (Wildman–Crippen LogP) is 0.490. The molecule has 1 aliphatic carbocycles. The lowest BCUT2D eigenvalue weighted by Gasteiger charge is -2.51. The molecular weight excluding hydrogens is 351 g/mol. The van der Waals surface area contributed by atoms with Crippen LogP contribution < -0.4 is 0 Å². The van der Waals surface area contributed by atoms with E-state index in [1.165, 1.54) is 4.90 Å². The van der Waals surface area contributed by atoms with Crippen LogP contribution >= 0.6 is 0 Å². The van der Waals surface area contributed by atoms with Crippen molar-refractivity contribution < 1.29 is 27.9 Å². The second-order valence-corrected chi connectivity index (χ2v) is 7.26. The number of carbonyl (C=O) groups excluding carboxylic acids is 1. The fraction of sp³-hybridized carbons (Fsp3) is 0.765. The van der Waals surface area contributed by atoms with Crippen molar-refractivity contribution in [3.8, 4) is 0 Å². The fourth-order valence-corrected chi connectivity index (χ4v) is 4.36. The summed E-state index contributed by atoms with van der Waals surface area (Å²) in [5, 5.41) is 9.19. The summed E-state index contributed by atoms with van der Waals surface area (Å²) >= 11 is 0. The van der Waals surface area contributed by atoms with Gasteiger partial charge in [0.25, 0.3) is 0 Å². The Morgan fingerprint density at radius 1 is 1.23 bits per heavy atom. The maximum Gasteiger partial charge on any atom is 0.340 e. The quantitative estimate of drug-likeness (QED) is 0.722. The van der Waals surface area contributed by atoms with Crippen molar-refractivity contribution in [2.45, 2.75) is 30.8 Å². The van der Waals surface area contributed by atoms with Gasteiger partial charge in [-0.2, -0.15) is 0 Å². The van der Waals surface area contributed by atoms with E-state index in [9.17, 15) is 23.5 Å². The van der Waals surface area contributed by atoms with E-state index in [1.54, 1.807) is 4.90 Å². The Labute approximate surface area is 150 Å². The maximum absolute atomic E-state index is 15.4. The van der Waals surface area contributed by atoms with E-state index in [0.29, 0.717) is 26.2 Å². The molecule has 0 amide bonds. The van der Waals surface area contributed by atoms with Crippen LogP contribution in [0.3, 0.4) is 0 Å². The molecular formula is C17H24F3N3O3. The van der Waals surface area contributed by atoms with Crippen LogP contribution in [0.2, 0.25) is 0 Å². The molecule has 9 heteroatoms. The van der Waals surface area contributed by atoms with Crippen molar-refractivity contribution in [3.05, 3.63) is 11.8 Å². The normalized spacial score (nSPS) is 36.6. The van der Waals surface area contributed by atoms with Crippen LogP contribution in [0.4, 0.5) is 13.2 Å². The number of ketones is 1. The number of piperazine rings is 1. The van der Waals surface area contributed by atoms with Gasteiger partial charge in [-0.15, -0.1) is 0 Å². The molecule has 1 saturated carbocycles. The van der Waals surface area contributed by atoms with Crippen LogP contribution in [0.5, 0.6) is 0 Å². The van der Waals surface area contributed by atoms with E-state index in [2.05, 4.69) is 4.90 Å². The first-order valence-electron chi connectivity index (χ1n) is 8.87. The van der Waals surface area contributed by atoms with Gasteiger partial charge in [0.15, 0.2) is 5.78 Å². The lowest BCUT2D eigenvalue weighted by Crippen LogP contribution is -2.66. The van der Waals surface area contributed by atoms with E-state index in [1.807, 2.05) is 7.05 Å². The van der Waals surface area contributed by atoms with Crippen LogP contribution in [0.15, 0.2) is 11.8 Å². The lowest BCUT2D eigenvalue weighted by atomic mass is 9.72. The molecule has 1 saturated heterocycles. The summed E-state index contributed by atoms with van der Waals surface area (Å²) in [7, 11) is 1.94. The van der Waals surface area contributed by atoms with Gasteiger partial charge in [0, 0.05) is 44.8 Å². The number of hydrogen-bond acceptors (Lipinski definition) is 5. The van der Waals surface area contributed by atoms with Crippen molar-refractivity contribution in [3.63, 3.8) is 0 Å². The highest BCUT2D eigenvalue weighted by molar-refractivity contribution is 6.18. The minimum absolute atomic E-state index is 0.224. The van der Waals surface area contributed by atoms with Gasteiger partial charge in [-0.25, -0.2) is 18.0 Å². The maximum atomic E-state index is 15.4. The number of nitrogens with zero attached hydrogens (tertiary/aromatic N) is 3. The summed E-state index contributed by atoms with van der Waals surface area (Å²) in [4.78, 5) is 28.8. The highest BCUT2D eigenvalue weighted by atomic mass is 19.1. The molecule has 1 N–H and O–H groups in total. The summed E-state index contributed by atoms with van der Waals surface area (Å²) in [5.41, 5.74) is -0.530. The minimum atomic E-state index is -1.70. The predicted molar refractivity (Wildman–Crippen MR) is 88.0 cm³/mol. The molecule has 146 valence electrons. The van der Waals surface area contributed by atoms with Crippen molar-refractivity contribution in [2.24, 2.45) is 5.92 Å². The van der Waals surface area contributed by atoms with Gasteiger partial charge in [-0.05, 0) is 13.5 Å². The second kappa shape index (κ2) is 7.56. The van der Waals surface area contributed by atoms with Gasteiger partial charge in [-0.3, -0.25) is 9.69 Å². The Kier molecular flexibility index (Phi) is 5.57. The molecule has 3 rings (SSSR count). The van der Waals surface area contributed by atoms with Crippen molar-refractivity contribution in [1.29, 1.82) is 0 Å². The molecule has 0 radical (unpaired) electrons. The second-order valence-electron chi connectivity index (χ2n) is 7.26. The number of alkyl halides is 3. The van der Waals surface area contributed by atoms with Gasteiger partial charge in [0.1, 0.15) is 24.6 Å². The molecule has 0 spiro atoms. The fourth-order valence-electron chi connectivity index (χ4n) is 4.36. The number of aliphatic carboxylic acids is 1. The zero-order chi connectivity index (χ0) is 19.0. The molecule has 6 nitrogen and oxygen atoms in total. The Morgan fingerprint density at radius 3 is 2.46 bits per heavy atom. The smallest absolute Gasteiger partial charge is 0.340 e. The number of rotatable bonds is 4. The van der Waals surface area contributed by atoms with E-state index >= 15 is 4.39 Å². The summed E-state index contributed by atoms with van der Waals surface area (Å²) in [6.45, 7) is 1.39. The molecule has 5 unspecified atom stereocenters. The number of carboxylic acids is 1. The largest absolute Gasteiger partial charge is 0.478 e. The first kappa shape index (κ1) is 19.2. The number of carbonyl (C=O) groups is 2. The summed E-state index contributed by atoms with van der Waals surface area (Å²) in [6.07, 6.45) is -2.49. The minimum Gasteiger partial charge on any atom is -0.478 e. The van der Waals surface area contributed by atoms with Crippen LogP contribution in [0, 0.1) is 5.92 Å². The number of fused-ring (bicyclic) bond motifs is 1. The van der Waals surface area contributed by atoms with Gasteiger partial charge >= 0.3 is 5.97 Å². The first-order valence-corrected chi connectivity index (χ1v) is 8.87. The van der Waals surface area contributed by atoms with E-state index in [-0.39, 0.29) is 13.0 Å². The van der Waals surface area contributed by atoms with E-state index in [4.69, 9.17) is 0 Å². The third-order valence-corrected chi connectivity index (χ3v) is 5.73. The van der Waals surface area contributed by atoms with Crippen LogP contribution in [0.1, 0.15) is 6.42 Å². The van der Waals surface area contributed by atoms with Crippen molar-refractivity contribution >= 4 is 11.8 Å². The molecule has 26 heavy (non-hydrogen) atoms. The third kappa shape index (κ3) is 3.34. The number of hydrogen-bond donors (Lipinski definition) is 1. The molecule has 2 heterocycles. The highest BCUT2D eigenvalue weighted by Gasteiger charge is 2.54. The summed E-state index contributed by atoms with van der Waals surface area (Å²) < 4.78 is 43.2. The molecule has 0 aromatic carbocycles. The van der Waals surface area contributed by atoms with Gasteiger partial charge in [-0.1, -0.05) is 0 Å². The van der Waals surface area contributed by atoms with Gasteiger partial charge < -0.3 is 14.9 Å². The van der Waals surface area contributed by atoms with Gasteiger partial charge in [0.2, 0.25) is 0 Å². The van der Waals surface area contributed by atoms with Crippen LogP contribution in [-0.2, 0) is 9.59 Å². The highest BCUT2D eigenvalue weighted by Crippen LogP contribution is 2.40. The zero-order valence-electron chi connectivity index (χ0n) is 14.7. The third-order valence-electron chi connectivity index (χ3n) is 5.73. The topological polar surface area (TPSA) is 64.1 Å². The molecule has 5 atom stereocenters. The van der Waals surface area contributed by atoms with Gasteiger partial charge in [0.05, 0.1) is 12.1 Å². The Balaban J connectivity index is 1.89. The Morgan fingerprint density at radius 2 is 1.88 bits per heavy atom. The molecule has 2 aliphatic heterocycles. The number of halogens is 3. The number of likely N-dealkylation sites (N-methyl/N-ethyl adjacent to an activating group) is 1. The van der Waals surface area contributed by atoms with Crippen molar-refractivity contribution in [2.75, 3.05) is 46.4 Å². The molecule has 2 fully saturated rings. The molecule has 0 aromatic heterocycles. The first-order chi connectivity index (χ1) is 12.3. The Bertz CT molecular complexity index is 595. The Hall–Kier alpha value is -1.61. The molecule has 3 aliphatic rings. The van der Waals surface area contributed by atoms with Crippen LogP contribution in [0.25, 0.3) is 0 Å².